The molecule has 2 fully saturated rings. The summed E-state index contributed by atoms with van der Waals surface area (Å²) in [5.74, 6) is 1.05. The lowest BCUT2D eigenvalue weighted by Crippen LogP contribution is -2.55. The monoisotopic (exact) mass is 504 g/mol. The van der Waals surface area contributed by atoms with Crippen molar-refractivity contribution in [3.63, 3.8) is 0 Å². The molecule has 2 saturated carbocycles. The van der Waals surface area contributed by atoms with Gasteiger partial charge < -0.3 is 15.0 Å². The lowest BCUT2D eigenvalue weighted by atomic mass is 9.49. The molecule has 7 nitrogen and oxygen atoms in total. The van der Waals surface area contributed by atoms with Crippen LogP contribution in [0.4, 0.5) is 0 Å². The molecule has 2 heterocycles. The first-order chi connectivity index (χ1) is 18.6. The number of rotatable bonds is 6. The number of nitrogens with one attached hydrogen (secondary N) is 3. The highest BCUT2D eigenvalue weighted by atomic mass is 16.5. The summed E-state index contributed by atoms with van der Waals surface area (Å²) in [4.78, 5) is 28.3. The molecule has 0 unspecified atom stereocenters. The molecular formula is C31H28N4O3. The minimum absolute atomic E-state index is 0.0722. The van der Waals surface area contributed by atoms with Crippen molar-refractivity contribution in [1.82, 2.24) is 20.5 Å². The maximum absolute atomic E-state index is 13.0. The smallest absolute Gasteiger partial charge is 0.272 e. The van der Waals surface area contributed by atoms with Crippen molar-refractivity contribution < 1.29 is 9.53 Å². The van der Waals surface area contributed by atoms with Crippen molar-refractivity contribution >= 4 is 27.6 Å². The highest BCUT2D eigenvalue weighted by Gasteiger charge is 2.54. The highest BCUT2D eigenvalue weighted by molar-refractivity contribution is 5.98. The van der Waals surface area contributed by atoms with Crippen LogP contribution in [-0.2, 0) is 6.61 Å². The van der Waals surface area contributed by atoms with Crippen LogP contribution in [0.15, 0.2) is 83.7 Å². The third-order valence-electron chi connectivity index (χ3n) is 8.25. The number of hydrogen-bond acceptors (Lipinski definition) is 4. The van der Waals surface area contributed by atoms with Crippen molar-refractivity contribution in [2.45, 2.75) is 44.2 Å². The molecule has 3 aromatic carbocycles. The normalized spacial score (nSPS) is 22.2. The third-order valence-corrected chi connectivity index (χ3v) is 8.25. The number of ether oxygens (including phenoxy) is 1. The van der Waals surface area contributed by atoms with E-state index in [1.807, 2.05) is 78.9 Å². The summed E-state index contributed by atoms with van der Waals surface area (Å²) in [7, 11) is 0. The van der Waals surface area contributed by atoms with Crippen LogP contribution in [0.25, 0.3) is 21.7 Å². The SMILES string of the molecule is O=C(NC1CC2(C1)CC(c1n[nH]c(=O)c3ccccc13)C2)c1cc2cc(OCc3ccccc3)ccc2[nH]1. The van der Waals surface area contributed by atoms with E-state index in [1.54, 1.807) is 0 Å². The van der Waals surface area contributed by atoms with Gasteiger partial charge in [0.2, 0.25) is 0 Å². The molecule has 2 aliphatic carbocycles. The Labute approximate surface area is 219 Å². The van der Waals surface area contributed by atoms with E-state index >= 15 is 0 Å². The second-order valence-electron chi connectivity index (χ2n) is 10.9. The van der Waals surface area contributed by atoms with Crippen molar-refractivity contribution in [1.29, 1.82) is 0 Å². The number of carbonyl (C=O) groups excluding carboxylic acids is 1. The van der Waals surface area contributed by atoms with Gasteiger partial charge in [0.25, 0.3) is 11.5 Å². The van der Waals surface area contributed by atoms with Gasteiger partial charge in [-0.1, -0.05) is 48.5 Å². The molecule has 190 valence electrons. The maximum atomic E-state index is 13.0. The van der Waals surface area contributed by atoms with Gasteiger partial charge in [0, 0.05) is 28.2 Å². The molecule has 7 rings (SSSR count). The van der Waals surface area contributed by atoms with Crippen molar-refractivity contribution in [2.24, 2.45) is 5.41 Å². The number of carbonyl (C=O) groups is 1. The zero-order valence-electron chi connectivity index (χ0n) is 20.9. The summed E-state index contributed by atoms with van der Waals surface area (Å²) in [5, 5.41) is 12.9. The van der Waals surface area contributed by atoms with Gasteiger partial charge in [-0.3, -0.25) is 9.59 Å². The van der Waals surface area contributed by atoms with Gasteiger partial charge in [-0.25, -0.2) is 5.10 Å². The van der Waals surface area contributed by atoms with Gasteiger partial charge in [-0.15, -0.1) is 0 Å². The quantitative estimate of drug-likeness (QED) is 0.287. The Morgan fingerprint density at radius 3 is 2.53 bits per heavy atom. The second-order valence-corrected chi connectivity index (χ2v) is 10.9. The van der Waals surface area contributed by atoms with Gasteiger partial charge in [0.1, 0.15) is 18.1 Å². The maximum Gasteiger partial charge on any atom is 0.272 e. The van der Waals surface area contributed by atoms with Crippen LogP contribution in [0.1, 0.15) is 53.3 Å². The van der Waals surface area contributed by atoms with Crippen LogP contribution in [0.3, 0.4) is 0 Å². The fourth-order valence-electron chi connectivity index (χ4n) is 6.37. The fourth-order valence-corrected chi connectivity index (χ4v) is 6.37. The zero-order chi connectivity index (χ0) is 25.7. The molecule has 2 aromatic heterocycles. The van der Waals surface area contributed by atoms with Crippen LogP contribution in [-0.4, -0.2) is 27.1 Å². The van der Waals surface area contributed by atoms with E-state index in [-0.39, 0.29) is 22.9 Å². The average molecular weight is 505 g/mol. The molecule has 0 radical (unpaired) electrons. The van der Waals surface area contributed by atoms with Crippen molar-refractivity contribution in [3.05, 3.63) is 106 Å². The van der Waals surface area contributed by atoms with E-state index in [1.165, 1.54) is 0 Å². The Bertz CT molecular complexity index is 1710. The molecule has 5 aromatic rings. The Kier molecular flexibility index (Phi) is 5.32. The summed E-state index contributed by atoms with van der Waals surface area (Å²) in [6.45, 7) is 0.503. The minimum Gasteiger partial charge on any atom is -0.489 e. The summed E-state index contributed by atoms with van der Waals surface area (Å²) >= 11 is 0. The van der Waals surface area contributed by atoms with Crippen LogP contribution in [0.2, 0.25) is 0 Å². The predicted octanol–water partition coefficient (Wildman–Crippen LogP) is 5.44. The van der Waals surface area contributed by atoms with E-state index in [2.05, 4.69) is 20.5 Å². The third kappa shape index (κ3) is 4.04. The Morgan fingerprint density at radius 1 is 0.947 bits per heavy atom. The van der Waals surface area contributed by atoms with Gasteiger partial charge in [0.15, 0.2) is 0 Å². The molecule has 1 spiro atoms. The van der Waals surface area contributed by atoms with Gasteiger partial charge in [-0.2, -0.15) is 5.10 Å². The molecule has 0 aliphatic heterocycles. The summed E-state index contributed by atoms with van der Waals surface area (Å²) in [6, 6.07) is 25.6. The largest absolute Gasteiger partial charge is 0.489 e. The Morgan fingerprint density at radius 2 is 1.71 bits per heavy atom. The zero-order valence-corrected chi connectivity index (χ0v) is 20.9. The number of hydrogen-bond donors (Lipinski definition) is 3. The molecule has 7 heteroatoms. The molecule has 3 N–H and O–H groups in total. The summed E-state index contributed by atoms with van der Waals surface area (Å²) in [5.41, 5.74) is 3.71. The Balaban J connectivity index is 0.958. The second kappa shape index (κ2) is 8.87. The number of nitrogens with zero attached hydrogens (tertiary/aromatic N) is 1. The van der Waals surface area contributed by atoms with Gasteiger partial charge >= 0.3 is 0 Å². The molecule has 0 bridgehead atoms. The first-order valence-corrected chi connectivity index (χ1v) is 13.1. The molecule has 2 aliphatic rings. The predicted molar refractivity (Wildman–Crippen MR) is 146 cm³/mol. The highest BCUT2D eigenvalue weighted by Crippen LogP contribution is 2.62. The lowest BCUT2D eigenvalue weighted by molar-refractivity contribution is -0.0197. The molecule has 0 saturated heterocycles. The van der Waals surface area contributed by atoms with E-state index in [0.29, 0.717) is 23.6 Å². The summed E-state index contributed by atoms with van der Waals surface area (Å²) < 4.78 is 5.94. The van der Waals surface area contributed by atoms with Crippen molar-refractivity contribution in [3.8, 4) is 5.75 Å². The van der Waals surface area contributed by atoms with E-state index in [4.69, 9.17) is 4.74 Å². The average Bonchev–Trinajstić information content (AvgIpc) is 3.33. The lowest BCUT2D eigenvalue weighted by Gasteiger charge is -2.57. The fraction of sp³-hybridized carbons (Fsp3) is 0.258. The number of aromatic amines is 2. The number of benzene rings is 3. The molecule has 1 amide bonds. The van der Waals surface area contributed by atoms with Gasteiger partial charge in [0.05, 0.1) is 11.1 Å². The van der Waals surface area contributed by atoms with Crippen molar-refractivity contribution in [2.75, 3.05) is 0 Å². The number of aromatic nitrogens is 3. The van der Waals surface area contributed by atoms with Crippen LogP contribution in [0, 0.1) is 5.41 Å². The molecule has 38 heavy (non-hydrogen) atoms. The van der Waals surface area contributed by atoms with Crippen LogP contribution in [0.5, 0.6) is 5.75 Å². The standard InChI is InChI=1S/C31H28N4O3/c36-29-25-9-5-4-8-24(25)28(34-35-29)21-14-31(15-21)16-22(17-31)32-30(37)27-13-20-12-23(10-11-26(20)33-27)38-18-19-6-2-1-3-7-19/h1-13,21-22,33H,14-18H2,(H,32,37)(H,35,36). The molecular weight excluding hydrogens is 476 g/mol. The number of fused-ring (bicyclic) bond motifs is 2. The number of amides is 1. The summed E-state index contributed by atoms with van der Waals surface area (Å²) in [6.07, 6.45) is 4.05. The molecule has 0 atom stereocenters. The van der Waals surface area contributed by atoms with Crippen LogP contribution < -0.4 is 15.6 Å². The van der Waals surface area contributed by atoms with Gasteiger partial charge in [-0.05, 0) is 67.0 Å². The topological polar surface area (TPSA) is 99.9 Å². The van der Waals surface area contributed by atoms with Crippen LogP contribution >= 0.6 is 0 Å². The van der Waals surface area contributed by atoms with E-state index < -0.39 is 0 Å². The first kappa shape index (κ1) is 22.8. The minimum atomic E-state index is -0.141. The number of H-pyrrole nitrogens is 2. The Hall–Kier alpha value is -4.39. The van der Waals surface area contributed by atoms with E-state index in [0.717, 1.165) is 59.0 Å². The van der Waals surface area contributed by atoms with E-state index in [9.17, 15) is 9.59 Å². The first-order valence-electron chi connectivity index (χ1n) is 13.1.